The van der Waals surface area contributed by atoms with Gasteiger partial charge in [0.25, 0.3) is 5.91 Å². The molecule has 3 rings (SSSR count). The minimum Gasteiger partial charge on any atom is -0.493 e. The molecule has 0 aromatic heterocycles. The Labute approximate surface area is 150 Å². The molecule has 1 amide bonds. The predicted molar refractivity (Wildman–Crippen MR) is 98.4 cm³/mol. The summed E-state index contributed by atoms with van der Waals surface area (Å²) in [5, 5.41) is 0. The van der Waals surface area contributed by atoms with Gasteiger partial charge in [-0.05, 0) is 69.8 Å². The van der Waals surface area contributed by atoms with Crippen LogP contribution < -0.4 is 9.47 Å². The van der Waals surface area contributed by atoms with Gasteiger partial charge in [0.15, 0.2) is 11.5 Å². The van der Waals surface area contributed by atoms with Gasteiger partial charge < -0.3 is 19.3 Å². The number of carbonyl (C=O) groups is 1. The Kier molecular flexibility index (Phi) is 5.23. The minimum atomic E-state index is 0.0649. The Hall–Kier alpha value is -1.75. The number of ether oxygens (including phenoxy) is 2. The molecule has 0 radical (unpaired) electrons. The van der Waals surface area contributed by atoms with Crippen molar-refractivity contribution >= 4 is 5.91 Å². The summed E-state index contributed by atoms with van der Waals surface area (Å²) < 4.78 is 10.6. The van der Waals surface area contributed by atoms with Crippen molar-refractivity contribution in [3.05, 3.63) is 23.8 Å². The number of benzene rings is 1. The smallest absolute Gasteiger partial charge is 0.253 e. The molecule has 0 spiro atoms. The Morgan fingerprint density at radius 2 is 1.48 bits per heavy atom. The van der Waals surface area contributed by atoms with Crippen LogP contribution >= 0.6 is 0 Å². The molecule has 0 saturated heterocycles. The molecular weight excluding hydrogens is 316 g/mol. The van der Waals surface area contributed by atoms with E-state index >= 15 is 0 Å². The maximum Gasteiger partial charge on any atom is 0.253 e. The van der Waals surface area contributed by atoms with Crippen molar-refractivity contribution in [3.8, 4) is 11.5 Å². The molecule has 5 heteroatoms. The van der Waals surface area contributed by atoms with E-state index in [0.29, 0.717) is 29.1 Å². The number of methoxy groups -OCH3 is 2. The van der Waals surface area contributed by atoms with Crippen LogP contribution in [0.2, 0.25) is 0 Å². The van der Waals surface area contributed by atoms with Crippen LogP contribution in [0.25, 0.3) is 0 Å². The van der Waals surface area contributed by atoms with E-state index in [1.165, 1.54) is 12.8 Å². The number of nitrogens with zero attached hydrogens (tertiary/aromatic N) is 2. The quantitative estimate of drug-likeness (QED) is 0.822. The summed E-state index contributed by atoms with van der Waals surface area (Å²) in [4.78, 5) is 17.2. The summed E-state index contributed by atoms with van der Waals surface area (Å²) in [5.41, 5.74) is 0.656. The van der Waals surface area contributed by atoms with Crippen LogP contribution in [0.1, 0.15) is 36.0 Å². The van der Waals surface area contributed by atoms with Crippen LogP contribution in [0.4, 0.5) is 0 Å². The second kappa shape index (κ2) is 7.24. The maximum absolute atomic E-state index is 12.9. The van der Waals surface area contributed by atoms with E-state index < -0.39 is 0 Å². The van der Waals surface area contributed by atoms with Crippen molar-refractivity contribution in [2.24, 2.45) is 11.8 Å². The SMILES string of the molecule is COc1ccc(C(=O)N(C)C2C[C@H]3CC(N(C)C)C[C@H]3C2)cc1OC. The lowest BCUT2D eigenvalue weighted by atomic mass is 10.0. The molecular formula is C20H30N2O3. The largest absolute Gasteiger partial charge is 0.493 e. The highest BCUT2D eigenvalue weighted by Gasteiger charge is 2.44. The van der Waals surface area contributed by atoms with Gasteiger partial charge in [-0.3, -0.25) is 4.79 Å². The molecule has 4 atom stereocenters. The van der Waals surface area contributed by atoms with E-state index in [2.05, 4.69) is 19.0 Å². The lowest BCUT2D eigenvalue weighted by Gasteiger charge is -2.27. The highest BCUT2D eigenvalue weighted by molar-refractivity contribution is 5.95. The molecule has 2 unspecified atom stereocenters. The number of carbonyl (C=O) groups excluding carboxylic acids is 1. The monoisotopic (exact) mass is 346 g/mol. The van der Waals surface area contributed by atoms with Crippen molar-refractivity contribution in [2.45, 2.75) is 37.8 Å². The highest BCUT2D eigenvalue weighted by atomic mass is 16.5. The summed E-state index contributed by atoms with van der Waals surface area (Å²) in [6.45, 7) is 0. The number of fused-ring (bicyclic) bond motifs is 1. The first-order valence-electron chi connectivity index (χ1n) is 9.10. The highest BCUT2D eigenvalue weighted by Crippen LogP contribution is 2.46. The first-order chi connectivity index (χ1) is 11.9. The third-order valence-corrected chi connectivity index (χ3v) is 6.19. The average molecular weight is 346 g/mol. The van der Waals surface area contributed by atoms with Crippen molar-refractivity contribution < 1.29 is 14.3 Å². The van der Waals surface area contributed by atoms with Gasteiger partial charge in [0, 0.05) is 24.7 Å². The Bertz CT molecular complexity index is 617. The second-order valence-corrected chi connectivity index (χ2v) is 7.72. The zero-order chi connectivity index (χ0) is 18.1. The molecule has 0 aliphatic heterocycles. The zero-order valence-electron chi connectivity index (χ0n) is 16.0. The summed E-state index contributed by atoms with van der Waals surface area (Å²) in [6, 6.07) is 6.44. The number of hydrogen-bond acceptors (Lipinski definition) is 4. The molecule has 2 fully saturated rings. The van der Waals surface area contributed by atoms with Gasteiger partial charge in [0.2, 0.25) is 0 Å². The average Bonchev–Trinajstić information content (AvgIpc) is 3.18. The van der Waals surface area contributed by atoms with E-state index in [1.54, 1.807) is 26.4 Å². The third-order valence-electron chi connectivity index (χ3n) is 6.19. The van der Waals surface area contributed by atoms with Gasteiger partial charge in [-0.15, -0.1) is 0 Å². The van der Waals surface area contributed by atoms with Crippen LogP contribution in [0, 0.1) is 11.8 Å². The van der Waals surface area contributed by atoms with Crippen LogP contribution in [0.5, 0.6) is 11.5 Å². The van der Waals surface area contributed by atoms with E-state index in [9.17, 15) is 4.79 Å². The lowest BCUT2D eigenvalue weighted by molar-refractivity contribution is 0.0726. The fourth-order valence-corrected chi connectivity index (χ4v) is 4.63. The van der Waals surface area contributed by atoms with Crippen molar-refractivity contribution in [2.75, 3.05) is 35.4 Å². The topological polar surface area (TPSA) is 42.0 Å². The van der Waals surface area contributed by atoms with Gasteiger partial charge in [0.1, 0.15) is 0 Å². The molecule has 2 aliphatic rings. The van der Waals surface area contributed by atoms with Crippen LogP contribution in [0.3, 0.4) is 0 Å². The van der Waals surface area contributed by atoms with Crippen molar-refractivity contribution in [1.82, 2.24) is 9.80 Å². The molecule has 0 N–H and O–H groups in total. The molecule has 1 aromatic rings. The van der Waals surface area contributed by atoms with Crippen molar-refractivity contribution in [3.63, 3.8) is 0 Å². The third kappa shape index (κ3) is 3.47. The van der Waals surface area contributed by atoms with Gasteiger partial charge in [-0.25, -0.2) is 0 Å². The van der Waals surface area contributed by atoms with Gasteiger partial charge in [-0.1, -0.05) is 0 Å². The maximum atomic E-state index is 12.9. The fourth-order valence-electron chi connectivity index (χ4n) is 4.63. The molecule has 0 bridgehead atoms. The number of amides is 1. The van der Waals surface area contributed by atoms with E-state index in [0.717, 1.165) is 24.7 Å². The minimum absolute atomic E-state index is 0.0649. The number of hydrogen-bond donors (Lipinski definition) is 0. The normalized spacial score (nSPS) is 28.1. The van der Waals surface area contributed by atoms with Crippen LogP contribution in [0.15, 0.2) is 18.2 Å². The van der Waals surface area contributed by atoms with E-state index in [-0.39, 0.29) is 5.91 Å². The second-order valence-electron chi connectivity index (χ2n) is 7.72. The molecule has 1 aromatic carbocycles. The summed E-state index contributed by atoms with van der Waals surface area (Å²) in [6.07, 6.45) is 4.80. The first-order valence-corrected chi connectivity index (χ1v) is 9.10. The van der Waals surface area contributed by atoms with Gasteiger partial charge in [0.05, 0.1) is 14.2 Å². The molecule has 25 heavy (non-hydrogen) atoms. The Balaban J connectivity index is 1.66. The summed E-state index contributed by atoms with van der Waals surface area (Å²) in [7, 11) is 9.49. The first kappa shape index (κ1) is 18.1. The van der Waals surface area contributed by atoms with E-state index in [1.807, 2.05) is 18.0 Å². The zero-order valence-corrected chi connectivity index (χ0v) is 16.0. The Morgan fingerprint density at radius 1 is 0.920 bits per heavy atom. The van der Waals surface area contributed by atoms with Crippen LogP contribution in [-0.4, -0.2) is 63.2 Å². The Morgan fingerprint density at radius 3 is 2.00 bits per heavy atom. The van der Waals surface area contributed by atoms with Crippen molar-refractivity contribution in [1.29, 1.82) is 0 Å². The van der Waals surface area contributed by atoms with Gasteiger partial charge >= 0.3 is 0 Å². The molecule has 5 nitrogen and oxygen atoms in total. The predicted octanol–water partition coefficient (Wildman–Crippen LogP) is 2.89. The number of rotatable bonds is 5. The lowest BCUT2D eigenvalue weighted by Crippen LogP contribution is -2.36. The standard InChI is InChI=1S/C20H30N2O3/c1-21(2)16-8-14-10-17(11-15(14)9-16)22(3)20(23)13-6-7-18(24-4)19(12-13)25-5/h6-7,12,14-17H,8-11H2,1-5H3/t14-,15+,16?,17?. The van der Waals surface area contributed by atoms with E-state index in [4.69, 9.17) is 9.47 Å². The molecule has 2 saturated carbocycles. The fraction of sp³-hybridized carbons (Fsp3) is 0.650. The summed E-state index contributed by atoms with van der Waals surface area (Å²) in [5.74, 6) is 2.83. The summed E-state index contributed by atoms with van der Waals surface area (Å²) >= 11 is 0. The molecule has 0 heterocycles. The van der Waals surface area contributed by atoms with Gasteiger partial charge in [-0.2, -0.15) is 0 Å². The van der Waals surface area contributed by atoms with Crippen LogP contribution in [-0.2, 0) is 0 Å². The molecule has 138 valence electrons. The molecule has 2 aliphatic carbocycles.